The van der Waals surface area contributed by atoms with Crippen LogP contribution in [-0.4, -0.2) is 73.1 Å². The molecule has 4 fully saturated rings. The first kappa shape index (κ1) is 49.1. The van der Waals surface area contributed by atoms with Crippen molar-refractivity contribution >= 4 is 71.1 Å². The Kier molecular flexibility index (Phi) is 13.0. The molecular formula is C57H66N6O8S2. The summed E-state index contributed by atoms with van der Waals surface area (Å²) >= 11 is 0. The molecule has 4 aromatic carbocycles. The number of hydrogen-bond acceptors (Lipinski definition) is 9. The van der Waals surface area contributed by atoms with Crippen LogP contribution < -0.4 is 19.7 Å². The number of sulfonamides is 2. The lowest BCUT2D eigenvalue weighted by Gasteiger charge is -2.28. The van der Waals surface area contributed by atoms with Gasteiger partial charge in [0.15, 0.2) is 0 Å². The summed E-state index contributed by atoms with van der Waals surface area (Å²) in [5, 5.41) is 4.94. The van der Waals surface area contributed by atoms with Crippen molar-refractivity contribution in [3.8, 4) is 22.5 Å². The van der Waals surface area contributed by atoms with Crippen LogP contribution in [0.15, 0.2) is 84.9 Å². The van der Waals surface area contributed by atoms with Crippen LogP contribution in [0.5, 0.6) is 0 Å². The molecule has 2 aromatic heterocycles. The van der Waals surface area contributed by atoms with E-state index in [-0.39, 0.29) is 6.09 Å². The molecule has 12 rings (SSSR count). The minimum absolute atomic E-state index is 0.314. The number of nitrogens with one attached hydrogen (secondary N) is 3. The second-order valence-corrected chi connectivity index (χ2v) is 25.9. The van der Waals surface area contributed by atoms with Crippen LogP contribution in [0.25, 0.3) is 44.3 Å². The molecule has 4 heterocycles. The first-order valence-corrected chi connectivity index (χ1v) is 29.5. The van der Waals surface area contributed by atoms with Gasteiger partial charge in [-0.3, -0.25) is 14.5 Å². The number of benzene rings is 4. The van der Waals surface area contributed by atoms with Crippen molar-refractivity contribution in [3.63, 3.8) is 0 Å². The number of ether oxygens (including phenoxy) is 1. The summed E-state index contributed by atoms with van der Waals surface area (Å²) in [5.41, 5.74) is 11.1. The summed E-state index contributed by atoms with van der Waals surface area (Å²) in [5.74, 6) is -0.277. The predicted octanol–water partition coefficient (Wildman–Crippen LogP) is 11.3. The molecule has 0 bridgehead atoms. The molecule has 14 nitrogen and oxygen atoms in total. The van der Waals surface area contributed by atoms with E-state index in [1.807, 2.05) is 63.2 Å². The Hall–Kier alpha value is -6.13. The molecule has 4 aliphatic carbocycles. The number of hydrogen-bond donors (Lipinski definition) is 3. The molecule has 0 unspecified atom stereocenters. The molecule has 6 aliphatic rings. The van der Waals surface area contributed by atoms with Crippen molar-refractivity contribution in [1.82, 2.24) is 18.6 Å². The molecule has 384 valence electrons. The predicted molar refractivity (Wildman–Crippen MR) is 287 cm³/mol. The van der Waals surface area contributed by atoms with Gasteiger partial charge in [0.2, 0.25) is 20.0 Å². The summed E-state index contributed by atoms with van der Waals surface area (Å²) < 4.78 is 64.5. The van der Waals surface area contributed by atoms with E-state index < -0.39 is 48.0 Å². The number of nitrogens with zero attached hydrogens (tertiary/aromatic N) is 3. The third kappa shape index (κ3) is 9.77. The van der Waals surface area contributed by atoms with Crippen molar-refractivity contribution in [2.24, 2.45) is 0 Å². The van der Waals surface area contributed by atoms with Crippen molar-refractivity contribution in [3.05, 3.63) is 107 Å². The Morgan fingerprint density at radius 1 is 0.575 bits per heavy atom. The van der Waals surface area contributed by atoms with Crippen molar-refractivity contribution in [2.45, 2.75) is 152 Å². The van der Waals surface area contributed by atoms with E-state index in [1.165, 1.54) is 79.1 Å². The summed E-state index contributed by atoms with van der Waals surface area (Å²) in [4.78, 5) is 41.0. The van der Waals surface area contributed by atoms with Gasteiger partial charge in [0, 0.05) is 75.9 Å². The lowest BCUT2D eigenvalue weighted by molar-refractivity contribution is 0.0579. The number of carbonyl (C=O) groups is 3. The highest BCUT2D eigenvalue weighted by Gasteiger charge is 2.39. The fourth-order valence-corrected chi connectivity index (χ4v) is 14.5. The smallest absolute Gasteiger partial charge is 0.414 e. The van der Waals surface area contributed by atoms with Crippen LogP contribution in [0.1, 0.15) is 154 Å². The van der Waals surface area contributed by atoms with Gasteiger partial charge in [0.1, 0.15) is 5.60 Å². The lowest BCUT2D eigenvalue weighted by atomic mass is 9.81. The Bertz CT molecular complexity index is 3390. The Balaban J connectivity index is 0.000000160. The first-order chi connectivity index (χ1) is 35.1. The van der Waals surface area contributed by atoms with Gasteiger partial charge >= 0.3 is 6.09 Å². The van der Waals surface area contributed by atoms with E-state index in [0.29, 0.717) is 61.7 Å². The van der Waals surface area contributed by atoms with Gasteiger partial charge < -0.3 is 19.2 Å². The summed E-state index contributed by atoms with van der Waals surface area (Å²) in [6, 6.07) is 27.7. The summed E-state index contributed by atoms with van der Waals surface area (Å²) in [6.07, 6.45) is 13.9. The van der Waals surface area contributed by atoms with E-state index >= 15 is 0 Å². The zero-order valence-electron chi connectivity index (χ0n) is 42.0. The summed E-state index contributed by atoms with van der Waals surface area (Å²) in [7, 11) is -7.24. The fourth-order valence-electron chi connectivity index (χ4n) is 11.9. The second kappa shape index (κ2) is 19.3. The number of amides is 3. The standard InChI is InChI=1S/C31H37N3O5S.C26H29N3O3S/c1-31(2,3)39-30(36)34-18-17-33-26-19-21(29(35)32-40(37,38)22-14-15-22)13-16-23(26)27(20-9-5-4-6-10-20)28(33)24-11-7-8-12-25(24)34;30-26(28-33(31,32)19-11-12-19)18-10-13-21-23(16-18)29-15-14-27-22-9-5-4-8-20(22)25(29)24(21)17-6-2-1-3-7-17/h7-8,11-13,16,19-20,22H,4-6,9-10,14-15,17-18H2,1-3H3,(H,32,35);4-5,8-10,13,16-17,19,27H,1-3,6-7,11-12,14-15H2,(H,28,30). The molecule has 0 radical (unpaired) electrons. The third-order valence-corrected chi connectivity index (χ3v) is 19.2. The van der Waals surface area contributed by atoms with Gasteiger partial charge in [-0.2, -0.15) is 0 Å². The van der Waals surface area contributed by atoms with Gasteiger partial charge in [0.05, 0.1) is 27.6 Å². The number of anilines is 2. The SMILES string of the molecule is CC(C)(C)OC(=O)N1CCn2c(c(C3CCCCC3)c3ccc(C(=O)NS(=O)(=O)C4CC4)cc32)-c2ccccc21.O=C(NS(=O)(=O)C1CC1)c1ccc2c(C3CCCCC3)c3n(c2c1)CCNc1ccccc1-3. The highest BCUT2D eigenvalue weighted by atomic mass is 32.2. The molecule has 73 heavy (non-hydrogen) atoms. The number of para-hydroxylation sites is 2. The quantitative estimate of drug-likeness (QED) is 0.134. The maximum atomic E-state index is 13.4. The molecule has 0 spiro atoms. The van der Waals surface area contributed by atoms with Crippen molar-refractivity contribution in [1.29, 1.82) is 0 Å². The minimum Gasteiger partial charge on any atom is -0.443 e. The van der Waals surface area contributed by atoms with Crippen LogP contribution in [0, 0.1) is 0 Å². The van der Waals surface area contributed by atoms with Crippen LogP contribution in [0.4, 0.5) is 16.2 Å². The number of aromatic nitrogens is 2. The average Bonchev–Trinajstić information content (AvgIpc) is 4.31. The minimum atomic E-state index is -3.66. The Morgan fingerprint density at radius 3 is 1.58 bits per heavy atom. The van der Waals surface area contributed by atoms with Gasteiger partial charge in [-0.05, 0) is 131 Å². The molecule has 0 atom stereocenters. The van der Waals surface area contributed by atoms with Gasteiger partial charge in [-0.25, -0.2) is 31.1 Å². The molecule has 4 saturated carbocycles. The molecule has 6 aromatic rings. The number of rotatable bonds is 8. The van der Waals surface area contributed by atoms with E-state index in [1.54, 1.807) is 17.0 Å². The van der Waals surface area contributed by atoms with Crippen LogP contribution in [0.2, 0.25) is 0 Å². The van der Waals surface area contributed by atoms with Gasteiger partial charge in [-0.1, -0.05) is 87.1 Å². The van der Waals surface area contributed by atoms with Crippen LogP contribution >= 0.6 is 0 Å². The number of fused-ring (bicyclic) bond motifs is 10. The van der Waals surface area contributed by atoms with Crippen LogP contribution in [0.3, 0.4) is 0 Å². The van der Waals surface area contributed by atoms with Crippen molar-refractivity contribution in [2.75, 3.05) is 23.3 Å². The molecule has 3 N–H and O–H groups in total. The maximum absolute atomic E-state index is 13.4. The van der Waals surface area contributed by atoms with E-state index in [0.717, 1.165) is 65.0 Å². The normalized spacial score (nSPS) is 18.4. The summed E-state index contributed by atoms with van der Waals surface area (Å²) in [6.45, 7) is 8.09. The second-order valence-electron chi connectivity index (χ2n) is 21.9. The third-order valence-electron chi connectivity index (χ3n) is 15.6. The highest BCUT2D eigenvalue weighted by molar-refractivity contribution is 7.91. The molecular weight excluding hydrogens is 961 g/mol. The molecule has 3 amide bonds. The zero-order chi connectivity index (χ0) is 50.8. The van der Waals surface area contributed by atoms with Gasteiger partial charge in [-0.15, -0.1) is 0 Å². The first-order valence-electron chi connectivity index (χ1n) is 26.4. The zero-order valence-corrected chi connectivity index (χ0v) is 43.7. The number of carbonyl (C=O) groups excluding carboxylic acids is 3. The van der Waals surface area contributed by atoms with Gasteiger partial charge in [0.25, 0.3) is 11.8 Å². The Labute approximate surface area is 428 Å². The molecule has 2 aliphatic heterocycles. The van der Waals surface area contributed by atoms with Crippen LogP contribution in [-0.2, 0) is 37.9 Å². The largest absolute Gasteiger partial charge is 0.443 e. The monoisotopic (exact) mass is 1030 g/mol. The maximum Gasteiger partial charge on any atom is 0.414 e. The molecule has 16 heteroatoms. The lowest BCUT2D eigenvalue weighted by Crippen LogP contribution is -2.38. The van der Waals surface area contributed by atoms with E-state index in [9.17, 15) is 31.2 Å². The van der Waals surface area contributed by atoms with E-state index in [4.69, 9.17) is 4.74 Å². The highest BCUT2D eigenvalue weighted by Crippen LogP contribution is 2.49. The fraction of sp³-hybridized carbons (Fsp3) is 0.456. The average molecular weight is 1030 g/mol. The Morgan fingerprint density at radius 2 is 1.05 bits per heavy atom. The van der Waals surface area contributed by atoms with Crippen molar-refractivity contribution < 1.29 is 36.0 Å². The topological polar surface area (TPSA) is 178 Å². The van der Waals surface area contributed by atoms with E-state index in [2.05, 4.69) is 54.2 Å². The molecule has 0 saturated heterocycles.